The Bertz CT molecular complexity index is 1060. The van der Waals surface area contributed by atoms with Crippen molar-refractivity contribution in [2.24, 2.45) is 5.29 Å². The molecule has 1 fully saturated rings. The molecule has 0 unspecified atom stereocenters. The lowest BCUT2D eigenvalue weighted by molar-refractivity contribution is -0.662. The number of benzene rings is 2. The molecular formula is C16H18N6O7S2. The van der Waals surface area contributed by atoms with Gasteiger partial charge < -0.3 is 0 Å². The first-order valence-electron chi connectivity index (χ1n) is 8.74. The molecule has 1 heterocycles. The third-order valence-electron chi connectivity index (χ3n) is 4.39. The minimum Gasteiger partial charge on any atom is -0.235 e. The minimum atomic E-state index is -4.24. The van der Waals surface area contributed by atoms with Gasteiger partial charge in [-0.25, -0.2) is 32.0 Å². The first-order chi connectivity index (χ1) is 14.7. The summed E-state index contributed by atoms with van der Waals surface area (Å²) in [4.78, 5) is 22.6. The van der Waals surface area contributed by atoms with Gasteiger partial charge in [0.2, 0.25) is 20.0 Å². The Hall–Kier alpha value is -3.14. The van der Waals surface area contributed by atoms with Crippen molar-refractivity contribution in [2.45, 2.75) is 9.79 Å². The van der Waals surface area contributed by atoms with Gasteiger partial charge in [0.1, 0.15) is 26.7 Å². The molecule has 0 radical (unpaired) electrons. The highest BCUT2D eigenvalue weighted by Crippen LogP contribution is 2.22. The maximum Gasteiger partial charge on any atom is 0.246 e. The van der Waals surface area contributed by atoms with E-state index < -0.39 is 51.8 Å². The van der Waals surface area contributed by atoms with E-state index in [1.165, 1.54) is 48.5 Å². The zero-order valence-corrected chi connectivity index (χ0v) is 17.6. The van der Waals surface area contributed by atoms with Crippen molar-refractivity contribution < 1.29 is 21.9 Å². The molecular weight excluding hydrogens is 452 g/mol. The van der Waals surface area contributed by atoms with E-state index in [1.807, 2.05) is 0 Å². The van der Waals surface area contributed by atoms with Gasteiger partial charge in [0.25, 0.3) is 0 Å². The highest BCUT2D eigenvalue weighted by Gasteiger charge is 2.39. The summed E-state index contributed by atoms with van der Waals surface area (Å²) in [5, 5.41) is 14.5. The van der Waals surface area contributed by atoms with Crippen LogP contribution in [0.1, 0.15) is 0 Å². The predicted molar refractivity (Wildman–Crippen MR) is 107 cm³/mol. The molecule has 13 nitrogen and oxygen atoms in total. The molecule has 0 bridgehead atoms. The molecule has 0 saturated carbocycles. The molecule has 1 aliphatic rings. The van der Waals surface area contributed by atoms with Gasteiger partial charge in [-0.3, -0.25) is 0 Å². The maximum atomic E-state index is 13.0. The fraction of sp³-hybridized carbons (Fsp3) is 0.250. The number of hydrogen-bond acceptors (Lipinski definition) is 8. The second-order valence-corrected chi connectivity index (χ2v) is 10.3. The van der Waals surface area contributed by atoms with Crippen molar-refractivity contribution in [3.63, 3.8) is 0 Å². The molecule has 0 N–H and O–H groups in total. The molecule has 1 aliphatic heterocycles. The van der Waals surface area contributed by atoms with Crippen LogP contribution in [0.3, 0.4) is 0 Å². The first-order valence-corrected chi connectivity index (χ1v) is 11.6. The number of nitrogens with zero attached hydrogens (tertiary/aromatic N) is 6. The summed E-state index contributed by atoms with van der Waals surface area (Å²) in [5.41, 5.74) is 0. The fourth-order valence-electron chi connectivity index (χ4n) is 2.85. The van der Waals surface area contributed by atoms with Crippen LogP contribution < -0.4 is 0 Å². The Balaban J connectivity index is 1.98. The monoisotopic (exact) mass is 470 g/mol. The van der Waals surface area contributed by atoms with Gasteiger partial charge in [0.15, 0.2) is 5.03 Å². The zero-order chi connectivity index (χ0) is 22.6. The Morgan fingerprint density at radius 3 is 1.45 bits per heavy atom. The Morgan fingerprint density at radius 2 is 1.13 bits per heavy atom. The third-order valence-corrected chi connectivity index (χ3v) is 7.95. The number of rotatable bonds is 6. The normalized spacial score (nSPS) is 17.0. The van der Waals surface area contributed by atoms with Crippen molar-refractivity contribution >= 4 is 20.0 Å². The SMILES string of the molecule is O=NN1CN(S(=O)(=O)c2ccccc2)CN([N+](=O)[O-])CN(S(=O)(=O)c2ccccc2)C1. The molecule has 0 aliphatic carbocycles. The second-order valence-electron chi connectivity index (χ2n) is 6.44. The van der Waals surface area contributed by atoms with E-state index in [0.717, 1.165) is 0 Å². The molecule has 2 aromatic carbocycles. The fourth-order valence-corrected chi connectivity index (χ4v) is 5.59. The molecule has 0 atom stereocenters. The first kappa shape index (κ1) is 22.5. The summed E-state index contributed by atoms with van der Waals surface area (Å²) in [6.45, 7) is -2.99. The van der Waals surface area contributed by atoms with Crippen LogP contribution in [0.25, 0.3) is 0 Å². The number of hydrogen-bond donors (Lipinski definition) is 0. The molecule has 1 saturated heterocycles. The van der Waals surface area contributed by atoms with Crippen molar-refractivity contribution in [1.29, 1.82) is 0 Å². The lowest BCUT2D eigenvalue weighted by atomic mass is 10.4. The van der Waals surface area contributed by atoms with Crippen LogP contribution >= 0.6 is 0 Å². The largest absolute Gasteiger partial charge is 0.246 e. The number of sulfonamides is 2. The van der Waals surface area contributed by atoms with Gasteiger partial charge in [0, 0.05) is 0 Å². The van der Waals surface area contributed by atoms with Crippen LogP contribution in [-0.2, 0) is 20.0 Å². The predicted octanol–water partition coefficient (Wildman–Crippen LogP) is 0.689. The van der Waals surface area contributed by atoms with Crippen molar-refractivity contribution in [3.8, 4) is 0 Å². The molecule has 166 valence electrons. The summed E-state index contributed by atoms with van der Waals surface area (Å²) in [6.07, 6.45) is 0. The topological polar surface area (TPSA) is 154 Å². The average molecular weight is 470 g/mol. The lowest BCUT2D eigenvalue weighted by Gasteiger charge is -2.35. The summed E-state index contributed by atoms with van der Waals surface area (Å²) < 4.78 is 53.2. The molecule has 0 spiro atoms. The number of hydrazine groups is 1. The molecule has 31 heavy (non-hydrogen) atoms. The molecule has 2 aromatic rings. The number of nitroso groups, excluding NO2 is 1. The quantitative estimate of drug-likeness (QED) is 0.337. The van der Waals surface area contributed by atoms with E-state index in [-0.39, 0.29) is 9.79 Å². The highest BCUT2D eigenvalue weighted by molar-refractivity contribution is 7.89. The molecule has 0 amide bonds. The van der Waals surface area contributed by atoms with Crippen LogP contribution in [0.2, 0.25) is 0 Å². The third kappa shape index (κ3) is 4.79. The van der Waals surface area contributed by atoms with Crippen LogP contribution in [0.4, 0.5) is 0 Å². The van der Waals surface area contributed by atoms with E-state index in [0.29, 0.717) is 18.6 Å². The second kappa shape index (κ2) is 8.93. The van der Waals surface area contributed by atoms with E-state index in [2.05, 4.69) is 5.29 Å². The van der Waals surface area contributed by atoms with Gasteiger partial charge in [-0.1, -0.05) is 41.4 Å². The van der Waals surface area contributed by atoms with E-state index in [9.17, 15) is 31.9 Å². The highest BCUT2D eigenvalue weighted by atomic mass is 32.2. The van der Waals surface area contributed by atoms with E-state index in [4.69, 9.17) is 0 Å². The van der Waals surface area contributed by atoms with Gasteiger partial charge >= 0.3 is 0 Å². The minimum absolute atomic E-state index is 0.140. The van der Waals surface area contributed by atoms with Gasteiger partial charge in [-0.15, -0.1) is 4.91 Å². The molecule has 0 aromatic heterocycles. The van der Waals surface area contributed by atoms with Crippen LogP contribution in [0, 0.1) is 15.0 Å². The van der Waals surface area contributed by atoms with Crippen LogP contribution in [0.15, 0.2) is 75.7 Å². The smallest absolute Gasteiger partial charge is 0.235 e. The Morgan fingerprint density at radius 1 is 0.742 bits per heavy atom. The average Bonchev–Trinajstić information content (AvgIpc) is 2.74. The summed E-state index contributed by atoms with van der Waals surface area (Å²) >= 11 is 0. The Labute approximate surface area is 178 Å². The van der Waals surface area contributed by atoms with E-state index in [1.54, 1.807) is 12.1 Å². The summed E-state index contributed by atoms with van der Waals surface area (Å²) in [6, 6.07) is 14.3. The van der Waals surface area contributed by atoms with E-state index >= 15 is 0 Å². The summed E-state index contributed by atoms with van der Waals surface area (Å²) in [7, 11) is -8.47. The van der Waals surface area contributed by atoms with Crippen molar-refractivity contribution in [2.75, 3.05) is 26.7 Å². The van der Waals surface area contributed by atoms with Crippen molar-refractivity contribution in [1.82, 2.24) is 18.6 Å². The lowest BCUT2D eigenvalue weighted by Crippen LogP contribution is -2.57. The van der Waals surface area contributed by atoms with Crippen molar-refractivity contribution in [3.05, 3.63) is 75.7 Å². The summed E-state index contributed by atoms with van der Waals surface area (Å²) in [5.74, 6) is 0. The standard InChI is InChI=1S/C16H18N6O7S2/c23-17-18-11-20(30(26,27)15-7-3-1-4-8-15)13-19(22(24)25)14-21(12-18)31(28,29)16-9-5-2-6-10-16/h1-10H,11-14H2. The number of nitro groups is 1. The molecule has 15 heteroatoms. The van der Waals surface area contributed by atoms with Gasteiger partial charge in [0.05, 0.1) is 15.1 Å². The van der Waals surface area contributed by atoms with Gasteiger partial charge in [-0.2, -0.15) is 8.61 Å². The van der Waals surface area contributed by atoms with Crippen LogP contribution in [-0.4, -0.2) is 67.2 Å². The Kier molecular flexibility index (Phi) is 6.49. The zero-order valence-electron chi connectivity index (χ0n) is 16.0. The van der Waals surface area contributed by atoms with Crippen LogP contribution in [0.5, 0.6) is 0 Å². The molecule has 3 rings (SSSR count). The van der Waals surface area contributed by atoms with Gasteiger partial charge in [-0.05, 0) is 24.3 Å². The maximum absolute atomic E-state index is 13.0.